The second kappa shape index (κ2) is 17.9. The Morgan fingerprint density at radius 2 is 1.00 bits per heavy atom. The van der Waals surface area contributed by atoms with Crippen molar-refractivity contribution in [1.82, 2.24) is 0 Å². The molecule has 50 heavy (non-hydrogen) atoms. The maximum atomic E-state index is 5.86. The molecule has 0 bridgehead atoms. The molecule has 0 aliphatic heterocycles. The fourth-order valence-corrected chi connectivity index (χ4v) is 7.35. The molecular weight excluding hydrogens is 867 g/mol. The van der Waals surface area contributed by atoms with E-state index in [1.807, 2.05) is 60.7 Å². The molecule has 1 aliphatic carbocycles. The molecular formula is C41H26Cl8Zr-2. The number of alkyl halides is 6. The first-order chi connectivity index (χ1) is 23.0. The molecule has 7 aromatic rings. The molecule has 0 fully saturated rings. The van der Waals surface area contributed by atoms with Crippen molar-refractivity contribution < 1.29 is 49.0 Å². The zero-order valence-corrected chi connectivity index (χ0v) is 34.6. The molecule has 1 aliphatic rings. The van der Waals surface area contributed by atoms with Crippen LogP contribution in [0.1, 0.15) is 28.7 Å². The molecule has 0 atom stereocenters. The zero-order valence-electron chi connectivity index (χ0n) is 26.1. The normalized spacial score (nSPS) is 12.2. The minimum absolute atomic E-state index is 0. The van der Waals surface area contributed by atoms with E-state index in [9.17, 15) is 0 Å². The first-order valence-electron chi connectivity index (χ1n) is 15.1. The molecule has 0 unspecified atom stereocenters. The molecule has 0 aromatic heterocycles. The van der Waals surface area contributed by atoms with Crippen LogP contribution in [0.4, 0.5) is 0 Å². The van der Waals surface area contributed by atoms with Crippen molar-refractivity contribution in [2.45, 2.75) is 14.0 Å². The van der Waals surface area contributed by atoms with Crippen LogP contribution in [0, 0.1) is 6.08 Å². The predicted molar refractivity (Wildman–Crippen MR) is 208 cm³/mol. The molecule has 0 spiro atoms. The minimum Gasteiger partial charge on any atom is -1.00 e. The summed E-state index contributed by atoms with van der Waals surface area (Å²) >= 11 is 36.4. The van der Waals surface area contributed by atoms with E-state index in [1.54, 1.807) is 0 Å². The first kappa shape index (κ1) is 41.0. The third kappa shape index (κ3) is 9.43. The van der Waals surface area contributed by atoms with Crippen molar-refractivity contribution in [2.24, 2.45) is 0 Å². The number of benzene rings is 6. The van der Waals surface area contributed by atoms with E-state index in [1.165, 1.54) is 70.5 Å². The Morgan fingerprint density at radius 1 is 0.560 bits per heavy atom. The van der Waals surface area contributed by atoms with Gasteiger partial charge in [0.05, 0.1) is 0 Å². The summed E-state index contributed by atoms with van der Waals surface area (Å²) in [5.74, 6) is 0. The van der Waals surface area contributed by atoms with Gasteiger partial charge in [0.1, 0.15) is 0 Å². The third-order valence-electron chi connectivity index (χ3n) is 8.09. The van der Waals surface area contributed by atoms with Crippen molar-refractivity contribution in [3.05, 3.63) is 174 Å². The number of allylic oxidation sites excluding steroid dienone is 4. The van der Waals surface area contributed by atoms with E-state index in [0.29, 0.717) is 11.1 Å². The van der Waals surface area contributed by atoms with E-state index in [0.717, 1.165) is 17.5 Å². The van der Waals surface area contributed by atoms with E-state index in [4.69, 9.17) is 69.6 Å². The minimum atomic E-state index is -1.41. The van der Waals surface area contributed by atoms with E-state index < -0.39 is 7.59 Å². The molecule has 0 saturated carbocycles. The van der Waals surface area contributed by atoms with Gasteiger partial charge in [-0.15, -0.1) is 40.1 Å². The maximum absolute atomic E-state index is 5.86. The molecule has 8 rings (SSSR count). The Bertz CT molecular complexity index is 2220. The summed E-state index contributed by atoms with van der Waals surface area (Å²) in [6.45, 7) is 0. The third-order valence-corrected chi connectivity index (χ3v) is 10.8. The molecule has 0 N–H and O–H groups in total. The maximum Gasteiger partial charge on any atom is -0.0255 e. The number of halogens is 8. The van der Waals surface area contributed by atoms with Gasteiger partial charge in [-0.2, -0.15) is 6.08 Å². The molecule has 0 heterocycles. The Balaban J connectivity index is 0.000000190. The monoisotopic (exact) mass is 888 g/mol. The van der Waals surface area contributed by atoms with Gasteiger partial charge in [0.2, 0.25) is 0 Å². The van der Waals surface area contributed by atoms with Crippen molar-refractivity contribution in [3.63, 3.8) is 0 Å². The number of hydrogen-bond acceptors (Lipinski definition) is 0. The summed E-state index contributed by atoms with van der Waals surface area (Å²) in [5, 5.41) is 10.8. The van der Waals surface area contributed by atoms with Gasteiger partial charge in [-0.05, 0) is 10.8 Å². The van der Waals surface area contributed by atoms with Gasteiger partial charge in [-0.1, -0.05) is 77.5 Å². The molecule has 0 nitrogen and oxygen atoms in total. The Hall–Kier alpha value is -1.74. The number of rotatable bonds is 2. The molecule has 0 radical (unpaired) electrons. The van der Waals surface area contributed by atoms with Crippen LogP contribution < -0.4 is 24.8 Å². The molecule has 0 amide bonds. The SMILES string of the molecule is ClC(Cl)(Cl)c1ccc([C](=[Zr+2])c2ccc(C(Cl)(Cl)Cl)cc2)cc1.[C-]1=CC=CC1.[Cl-].[Cl-].c1ccc2c(c1)[cH-]c1c3ccccc3c3ccccc3c21. The topological polar surface area (TPSA) is 0 Å². The summed E-state index contributed by atoms with van der Waals surface area (Å²) in [5.41, 5.74) is 3.41. The second-order valence-corrected chi connectivity index (χ2v) is 16.9. The summed E-state index contributed by atoms with van der Waals surface area (Å²) in [4.78, 5) is 0. The van der Waals surface area contributed by atoms with Gasteiger partial charge >= 0.3 is 175 Å². The zero-order chi connectivity index (χ0) is 33.9. The van der Waals surface area contributed by atoms with Crippen LogP contribution in [0.5, 0.6) is 0 Å². The number of fused-ring (bicyclic) bond motifs is 8. The van der Waals surface area contributed by atoms with Crippen LogP contribution in [-0.4, -0.2) is 3.21 Å². The standard InChI is InChI=1S/C21H13.C15H8Cl6.C5H5.2ClH.Zr/c1-2-8-15-14(7-1)13-20-18-11-4-3-9-16(18)17-10-5-6-12-19(17)21(15)20;16-14(17,18)12-5-1-10(2-6-12)9-11-3-7-13(8-4-11)15(19,20)21;1-2-4-5-3-1;;;/h1-13H;1-8H;1-3H,4H2;2*1H;/q-1;;-1;;;+2/p-2. The van der Waals surface area contributed by atoms with Crippen LogP contribution >= 0.6 is 69.6 Å². The summed E-state index contributed by atoms with van der Waals surface area (Å²) in [6.07, 6.45) is 10.0. The fraction of sp³-hybridized carbons (Fsp3) is 0.0732. The first-order valence-corrected chi connectivity index (χ1v) is 18.5. The van der Waals surface area contributed by atoms with Crippen molar-refractivity contribution in [3.8, 4) is 0 Å². The Labute approximate surface area is 349 Å². The summed E-state index contributed by atoms with van der Waals surface area (Å²) in [7, 11) is 0. The quantitative estimate of drug-likeness (QED) is 0.0946. The van der Waals surface area contributed by atoms with Crippen molar-refractivity contribution in [1.29, 1.82) is 0 Å². The molecule has 252 valence electrons. The van der Waals surface area contributed by atoms with E-state index >= 15 is 0 Å². The van der Waals surface area contributed by atoms with Crippen LogP contribution in [0.15, 0.2) is 146 Å². The van der Waals surface area contributed by atoms with Crippen LogP contribution in [0.25, 0.3) is 43.1 Å². The van der Waals surface area contributed by atoms with Crippen LogP contribution in [-0.2, 0) is 31.8 Å². The largest absolute Gasteiger partial charge is 1.00 e. The van der Waals surface area contributed by atoms with Gasteiger partial charge in [-0.25, -0.2) is 12.2 Å². The Morgan fingerprint density at radius 3 is 1.44 bits per heavy atom. The fourth-order valence-electron chi connectivity index (χ4n) is 5.77. The average molecular weight is 894 g/mol. The number of hydrogen-bond donors (Lipinski definition) is 0. The Kier molecular flexibility index (Phi) is 14.7. The molecule has 9 heteroatoms. The van der Waals surface area contributed by atoms with Gasteiger partial charge < -0.3 is 24.8 Å². The van der Waals surface area contributed by atoms with Gasteiger partial charge in [0.25, 0.3) is 0 Å². The summed E-state index contributed by atoms with van der Waals surface area (Å²) < 4.78 is -1.66. The van der Waals surface area contributed by atoms with Crippen molar-refractivity contribution in [2.75, 3.05) is 0 Å². The van der Waals surface area contributed by atoms with Crippen LogP contribution in [0.2, 0.25) is 0 Å². The van der Waals surface area contributed by atoms with Gasteiger partial charge in [-0.3, -0.25) is 6.08 Å². The molecule has 0 saturated heterocycles. The van der Waals surface area contributed by atoms with Crippen molar-refractivity contribution >= 4 is 116 Å². The molecule has 7 aromatic carbocycles. The predicted octanol–water partition coefficient (Wildman–Crippen LogP) is 7.79. The van der Waals surface area contributed by atoms with Crippen LogP contribution in [0.3, 0.4) is 0 Å². The summed E-state index contributed by atoms with van der Waals surface area (Å²) in [6, 6.07) is 43.5. The van der Waals surface area contributed by atoms with E-state index in [2.05, 4.69) is 91.0 Å². The second-order valence-electron chi connectivity index (χ2n) is 11.1. The van der Waals surface area contributed by atoms with Gasteiger partial charge in [0, 0.05) is 0 Å². The smallest absolute Gasteiger partial charge is 0.0255 e. The average Bonchev–Trinajstić information content (AvgIpc) is 3.81. The van der Waals surface area contributed by atoms with E-state index in [-0.39, 0.29) is 24.8 Å². The van der Waals surface area contributed by atoms with Gasteiger partial charge in [0.15, 0.2) is 0 Å².